The number of rotatable bonds is 2. The summed E-state index contributed by atoms with van der Waals surface area (Å²) in [5.41, 5.74) is 0.0962. The molecule has 2 saturated heterocycles. The van der Waals surface area contributed by atoms with Gasteiger partial charge in [-0.3, -0.25) is 4.99 Å². The normalized spacial score (nSPS) is 38.1. The minimum Gasteiger partial charge on any atom is -0.386 e. The van der Waals surface area contributed by atoms with Crippen LogP contribution in [0.5, 0.6) is 0 Å². The highest BCUT2D eigenvalue weighted by Crippen LogP contribution is 2.38. The van der Waals surface area contributed by atoms with Crippen molar-refractivity contribution in [3.05, 3.63) is 12.7 Å². The van der Waals surface area contributed by atoms with Crippen molar-refractivity contribution < 1.29 is 9.84 Å². The Labute approximate surface area is 106 Å². The van der Waals surface area contributed by atoms with Gasteiger partial charge in [-0.15, -0.1) is 6.58 Å². The van der Waals surface area contributed by atoms with Crippen molar-refractivity contribution in [2.24, 2.45) is 4.99 Å². The number of hydrogen-bond donors (Lipinski definition) is 1. The number of aliphatic imine (C=N–C) groups is 1. The molecule has 4 atom stereocenters. The third kappa shape index (κ3) is 2.11. The van der Waals surface area contributed by atoms with Gasteiger partial charge in [0.25, 0.3) is 0 Å². The lowest BCUT2D eigenvalue weighted by atomic mass is 10.0. The summed E-state index contributed by atoms with van der Waals surface area (Å²) >= 11 is 1.72. The van der Waals surface area contributed by atoms with Crippen molar-refractivity contribution in [1.29, 1.82) is 0 Å². The first-order chi connectivity index (χ1) is 8.28. The third-order valence-electron chi connectivity index (χ3n) is 3.62. The predicted molar refractivity (Wildman–Crippen MR) is 69.1 cm³/mol. The molecule has 17 heavy (non-hydrogen) atoms. The molecule has 0 unspecified atom stereocenters. The Hall–Kier alpha value is -0.520. The number of ether oxygens (including phenoxy) is 1. The van der Waals surface area contributed by atoms with Gasteiger partial charge in [0.15, 0.2) is 5.17 Å². The van der Waals surface area contributed by atoms with Crippen LogP contribution in [-0.2, 0) is 4.74 Å². The van der Waals surface area contributed by atoms with Crippen LogP contribution in [0.4, 0.5) is 0 Å². The molecule has 0 spiro atoms. The van der Waals surface area contributed by atoms with Crippen LogP contribution < -0.4 is 0 Å². The quantitative estimate of drug-likeness (QED) is 0.753. The second-order valence-electron chi connectivity index (χ2n) is 4.78. The van der Waals surface area contributed by atoms with Gasteiger partial charge in [-0.05, 0) is 19.3 Å². The van der Waals surface area contributed by atoms with E-state index in [2.05, 4.69) is 11.5 Å². The van der Waals surface area contributed by atoms with Gasteiger partial charge in [0.2, 0.25) is 0 Å². The van der Waals surface area contributed by atoms with Gasteiger partial charge in [0.05, 0.1) is 18.2 Å². The van der Waals surface area contributed by atoms with E-state index in [9.17, 15) is 5.11 Å². The van der Waals surface area contributed by atoms with Gasteiger partial charge in [-0.2, -0.15) is 0 Å². The van der Waals surface area contributed by atoms with E-state index in [0.717, 1.165) is 31.1 Å². The minimum atomic E-state index is -0.551. The molecule has 3 aliphatic heterocycles. The molecular weight excluding hydrogens is 236 g/mol. The van der Waals surface area contributed by atoms with E-state index in [1.807, 2.05) is 0 Å². The molecule has 0 aromatic carbocycles. The number of likely N-dealkylation sites (tertiary alicyclic amines) is 1. The number of amidine groups is 1. The molecule has 4 nitrogen and oxygen atoms in total. The average Bonchev–Trinajstić information content (AvgIpc) is 2.67. The maximum absolute atomic E-state index is 9.73. The molecule has 5 heteroatoms. The van der Waals surface area contributed by atoms with E-state index in [1.165, 1.54) is 6.42 Å². The first-order valence-corrected chi connectivity index (χ1v) is 7.11. The van der Waals surface area contributed by atoms with Crippen molar-refractivity contribution in [3.63, 3.8) is 0 Å². The van der Waals surface area contributed by atoms with Crippen LogP contribution in [0.15, 0.2) is 17.6 Å². The van der Waals surface area contributed by atoms with Crippen molar-refractivity contribution >= 4 is 16.9 Å². The lowest BCUT2D eigenvalue weighted by molar-refractivity contribution is -0.0636. The van der Waals surface area contributed by atoms with Gasteiger partial charge < -0.3 is 14.7 Å². The van der Waals surface area contributed by atoms with E-state index in [1.54, 1.807) is 17.8 Å². The summed E-state index contributed by atoms with van der Waals surface area (Å²) in [6, 6.07) is 0.281. The van der Waals surface area contributed by atoms with Gasteiger partial charge in [-0.25, -0.2) is 0 Å². The highest BCUT2D eigenvalue weighted by molar-refractivity contribution is 8.14. The standard InChI is InChI=1S/C12H18N2O2S/c1-2-9(15)10-5-4-8-11(16-10)17-12(13-8)14-6-3-7-14/h2,8-11,15H,1,3-7H2/t8-,9-,10-,11-/m1/s1. The zero-order chi connectivity index (χ0) is 11.8. The summed E-state index contributed by atoms with van der Waals surface area (Å²) in [5.74, 6) is 0. The van der Waals surface area contributed by atoms with E-state index >= 15 is 0 Å². The molecule has 0 saturated carbocycles. The Morgan fingerprint density at radius 1 is 1.53 bits per heavy atom. The lowest BCUT2D eigenvalue weighted by Gasteiger charge is -2.33. The maximum Gasteiger partial charge on any atom is 0.162 e. The first kappa shape index (κ1) is 11.6. The first-order valence-electron chi connectivity index (χ1n) is 6.23. The summed E-state index contributed by atoms with van der Waals surface area (Å²) in [6.45, 7) is 5.87. The van der Waals surface area contributed by atoms with Crippen molar-refractivity contribution in [2.45, 2.75) is 42.9 Å². The van der Waals surface area contributed by atoms with Crippen LogP contribution in [0.2, 0.25) is 0 Å². The fourth-order valence-electron chi connectivity index (χ4n) is 2.38. The topological polar surface area (TPSA) is 45.1 Å². The summed E-state index contributed by atoms with van der Waals surface area (Å²) in [5, 5.41) is 10.9. The Kier molecular flexibility index (Phi) is 3.15. The number of thioether (sulfide) groups is 1. The van der Waals surface area contributed by atoms with Crippen molar-refractivity contribution in [3.8, 4) is 0 Å². The molecule has 3 heterocycles. The molecular formula is C12H18N2O2S. The summed E-state index contributed by atoms with van der Waals surface area (Å²) < 4.78 is 5.91. The van der Waals surface area contributed by atoms with Crippen LogP contribution >= 0.6 is 11.8 Å². The minimum absolute atomic E-state index is 0.0962. The van der Waals surface area contributed by atoms with Crippen molar-refractivity contribution in [1.82, 2.24) is 4.90 Å². The fraction of sp³-hybridized carbons (Fsp3) is 0.750. The van der Waals surface area contributed by atoms with Crippen LogP contribution in [0, 0.1) is 0 Å². The summed E-state index contributed by atoms with van der Waals surface area (Å²) in [4.78, 5) is 7.04. The molecule has 0 aromatic heterocycles. The second kappa shape index (κ2) is 4.63. The van der Waals surface area contributed by atoms with E-state index in [-0.39, 0.29) is 17.6 Å². The monoisotopic (exact) mass is 254 g/mol. The highest BCUT2D eigenvalue weighted by atomic mass is 32.2. The molecule has 3 aliphatic rings. The number of nitrogens with zero attached hydrogens (tertiary/aromatic N) is 2. The SMILES string of the molecule is C=C[C@@H](O)[C@H]1CC[C@H]2N=C(N3CCC3)S[C@H]2O1. The smallest absolute Gasteiger partial charge is 0.162 e. The van der Waals surface area contributed by atoms with Gasteiger partial charge in [-0.1, -0.05) is 17.8 Å². The highest BCUT2D eigenvalue weighted by Gasteiger charge is 2.40. The molecule has 3 rings (SSSR count). The number of aliphatic hydroxyl groups excluding tert-OH is 1. The molecule has 2 fully saturated rings. The molecule has 0 aliphatic carbocycles. The zero-order valence-corrected chi connectivity index (χ0v) is 10.6. The summed E-state index contributed by atoms with van der Waals surface area (Å²) in [7, 11) is 0. The van der Waals surface area contributed by atoms with Crippen molar-refractivity contribution in [2.75, 3.05) is 13.1 Å². The number of aliphatic hydroxyl groups is 1. The maximum atomic E-state index is 9.73. The lowest BCUT2D eigenvalue weighted by Crippen LogP contribution is -2.41. The molecule has 0 amide bonds. The Balaban J connectivity index is 1.62. The Bertz CT molecular complexity index is 343. The summed E-state index contributed by atoms with van der Waals surface area (Å²) in [6.07, 6.45) is 4.04. The Morgan fingerprint density at radius 3 is 3.00 bits per heavy atom. The van der Waals surface area contributed by atoms with Gasteiger partial charge >= 0.3 is 0 Å². The molecule has 0 bridgehead atoms. The van der Waals surface area contributed by atoms with Crippen LogP contribution in [0.3, 0.4) is 0 Å². The molecule has 94 valence electrons. The molecule has 0 radical (unpaired) electrons. The van der Waals surface area contributed by atoms with Crippen LogP contribution in [0.1, 0.15) is 19.3 Å². The molecule has 0 aromatic rings. The van der Waals surface area contributed by atoms with E-state index < -0.39 is 6.10 Å². The van der Waals surface area contributed by atoms with Crippen LogP contribution in [0.25, 0.3) is 0 Å². The number of hydrogen-bond acceptors (Lipinski definition) is 5. The van der Waals surface area contributed by atoms with E-state index in [4.69, 9.17) is 9.73 Å². The zero-order valence-electron chi connectivity index (χ0n) is 9.79. The third-order valence-corrected chi connectivity index (χ3v) is 4.85. The average molecular weight is 254 g/mol. The van der Waals surface area contributed by atoms with Gasteiger partial charge in [0, 0.05) is 13.1 Å². The van der Waals surface area contributed by atoms with Gasteiger partial charge in [0.1, 0.15) is 5.44 Å². The number of fused-ring (bicyclic) bond motifs is 1. The van der Waals surface area contributed by atoms with Crippen LogP contribution in [-0.4, -0.2) is 51.9 Å². The molecule has 1 N–H and O–H groups in total. The predicted octanol–water partition coefficient (Wildman–Crippen LogP) is 1.22. The van der Waals surface area contributed by atoms with E-state index in [0.29, 0.717) is 0 Å². The second-order valence-corrected chi connectivity index (χ2v) is 5.85. The Morgan fingerprint density at radius 2 is 2.35 bits per heavy atom. The largest absolute Gasteiger partial charge is 0.386 e. The fourth-order valence-corrected chi connectivity index (χ4v) is 3.66.